The maximum absolute atomic E-state index is 11.1. The van der Waals surface area contributed by atoms with Gasteiger partial charge in [0.25, 0.3) is 0 Å². The second kappa shape index (κ2) is 4.20. The Kier molecular flexibility index (Phi) is 3.49. The third kappa shape index (κ3) is 3.08. The molecule has 0 aromatic carbocycles. The number of ether oxygens (including phenoxy) is 1. The molecule has 0 amide bonds. The molecule has 4 nitrogen and oxygen atoms in total. The van der Waals surface area contributed by atoms with Crippen molar-refractivity contribution < 1.29 is 13.2 Å². The Labute approximate surface area is 73.3 Å². The SMILES string of the molecule is CCS(=O)(=O)NC1CCCOC1. The van der Waals surface area contributed by atoms with Crippen molar-refractivity contribution in [2.75, 3.05) is 19.0 Å². The second-order valence-corrected chi connectivity index (χ2v) is 4.98. The molecule has 0 spiro atoms. The number of rotatable bonds is 3. The van der Waals surface area contributed by atoms with Gasteiger partial charge in [0, 0.05) is 12.6 Å². The van der Waals surface area contributed by atoms with Crippen LogP contribution in [0.15, 0.2) is 0 Å². The van der Waals surface area contributed by atoms with E-state index >= 15 is 0 Å². The van der Waals surface area contributed by atoms with Gasteiger partial charge in [-0.3, -0.25) is 0 Å². The Morgan fingerprint density at radius 1 is 1.58 bits per heavy atom. The molecule has 12 heavy (non-hydrogen) atoms. The molecule has 1 unspecified atom stereocenters. The topological polar surface area (TPSA) is 55.4 Å². The highest BCUT2D eigenvalue weighted by atomic mass is 32.2. The maximum Gasteiger partial charge on any atom is 0.211 e. The van der Waals surface area contributed by atoms with Crippen LogP contribution in [0.4, 0.5) is 0 Å². The maximum atomic E-state index is 11.1. The summed E-state index contributed by atoms with van der Waals surface area (Å²) in [5, 5.41) is 0. The highest BCUT2D eigenvalue weighted by Gasteiger charge is 2.18. The van der Waals surface area contributed by atoms with Gasteiger partial charge in [-0.1, -0.05) is 0 Å². The lowest BCUT2D eigenvalue weighted by molar-refractivity contribution is 0.0774. The molecule has 0 aromatic rings. The fourth-order valence-electron chi connectivity index (χ4n) is 1.17. The first kappa shape index (κ1) is 9.95. The van der Waals surface area contributed by atoms with Crippen molar-refractivity contribution in [3.63, 3.8) is 0 Å². The van der Waals surface area contributed by atoms with E-state index in [1.54, 1.807) is 6.92 Å². The summed E-state index contributed by atoms with van der Waals surface area (Å²) in [7, 11) is -3.05. The summed E-state index contributed by atoms with van der Waals surface area (Å²) in [5.41, 5.74) is 0. The molecule has 0 bridgehead atoms. The van der Waals surface area contributed by atoms with Gasteiger partial charge in [0.2, 0.25) is 10.0 Å². The Bertz CT molecular complexity index is 219. The van der Waals surface area contributed by atoms with Gasteiger partial charge in [-0.25, -0.2) is 13.1 Å². The van der Waals surface area contributed by atoms with Crippen molar-refractivity contribution >= 4 is 10.0 Å². The van der Waals surface area contributed by atoms with Crippen LogP contribution in [-0.4, -0.2) is 33.4 Å². The van der Waals surface area contributed by atoms with E-state index in [1.807, 2.05) is 0 Å². The van der Waals surface area contributed by atoms with E-state index in [0.29, 0.717) is 6.61 Å². The van der Waals surface area contributed by atoms with Gasteiger partial charge in [0.1, 0.15) is 0 Å². The minimum absolute atomic E-state index is 0.0105. The third-order valence-electron chi connectivity index (χ3n) is 1.89. The van der Waals surface area contributed by atoms with E-state index in [2.05, 4.69) is 4.72 Å². The second-order valence-electron chi connectivity index (χ2n) is 2.94. The smallest absolute Gasteiger partial charge is 0.211 e. The molecule has 5 heteroatoms. The number of sulfonamides is 1. The standard InChI is InChI=1S/C7H15NO3S/c1-2-12(9,10)8-7-4-3-5-11-6-7/h7-8H,2-6H2,1H3. The van der Waals surface area contributed by atoms with Crippen LogP contribution in [0.25, 0.3) is 0 Å². The van der Waals surface area contributed by atoms with Gasteiger partial charge in [-0.15, -0.1) is 0 Å². The summed E-state index contributed by atoms with van der Waals surface area (Å²) in [5.74, 6) is 0.142. The molecule has 1 fully saturated rings. The van der Waals surface area contributed by atoms with Gasteiger partial charge in [0.05, 0.1) is 12.4 Å². The fourth-order valence-corrected chi connectivity index (χ4v) is 2.03. The molecule has 1 aliphatic heterocycles. The van der Waals surface area contributed by atoms with E-state index in [-0.39, 0.29) is 11.8 Å². The first-order chi connectivity index (χ1) is 5.64. The van der Waals surface area contributed by atoms with Crippen LogP contribution in [0.1, 0.15) is 19.8 Å². The van der Waals surface area contributed by atoms with Gasteiger partial charge in [0.15, 0.2) is 0 Å². The van der Waals surface area contributed by atoms with E-state index in [0.717, 1.165) is 19.4 Å². The fraction of sp³-hybridized carbons (Fsp3) is 1.00. The molecule has 72 valence electrons. The summed E-state index contributed by atoms with van der Waals surface area (Å²) in [6.45, 7) is 2.90. The van der Waals surface area contributed by atoms with Crippen molar-refractivity contribution in [1.82, 2.24) is 4.72 Å². The third-order valence-corrected chi connectivity index (χ3v) is 3.34. The highest BCUT2D eigenvalue weighted by Crippen LogP contribution is 2.06. The minimum Gasteiger partial charge on any atom is -0.380 e. The van der Waals surface area contributed by atoms with Crippen molar-refractivity contribution in [3.8, 4) is 0 Å². The molecule has 1 saturated heterocycles. The van der Waals surface area contributed by atoms with Crippen molar-refractivity contribution in [2.24, 2.45) is 0 Å². The predicted octanol–water partition coefficient (Wildman–Crippen LogP) is 0.105. The average molecular weight is 193 g/mol. The van der Waals surface area contributed by atoms with Crippen molar-refractivity contribution in [3.05, 3.63) is 0 Å². The van der Waals surface area contributed by atoms with Crippen LogP contribution in [0.3, 0.4) is 0 Å². The highest BCUT2D eigenvalue weighted by molar-refractivity contribution is 7.89. The van der Waals surface area contributed by atoms with Crippen LogP contribution in [0.5, 0.6) is 0 Å². The monoisotopic (exact) mass is 193 g/mol. The molecule has 1 heterocycles. The van der Waals surface area contributed by atoms with E-state index in [4.69, 9.17) is 4.74 Å². The van der Waals surface area contributed by atoms with Gasteiger partial charge in [-0.05, 0) is 19.8 Å². The normalized spacial score (nSPS) is 25.6. The van der Waals surface area contributed by atoms with E-state index in [9.17, 15) is 8.42 Å². The first-order valence-corrected chi connectivity index (χ1v) is 5.87. The summed E-state index contributed by atoms with van der Waals surface area (Å²) in [6, 6.07) is -0.0105. The Balaban J connectivity index is 2.39. The Morgan fingerprint density at radius 3 is 2.83 bits per heavy atom. The van der Waals surface area contributed by atoms with E-state index < -0.39 is 10.0 Å². The van der Waals surface area contributed by atoms with Crippen molar-refractivity contribution in [1.29, 1.82) is 0 Å². The minimum atomic E-state index is -3.05. The summed E-state index contributed by atoms with van der Waals surface area (Å²) in [6.07, 6.45) is 1.83. The molecule has 0 aromatic heterocycles. The molecular weight excluding hydrogens is 178 g/mol. The average Bonchev–Trinajstić information content (AvgIpc) is 2.06. The largest absolute Gasteiger partial charge is 0.380 e. The molecular formula is C7H15NO3S. The van der Waals surface area contributed by atoms with Gasteiger partial charge < -0.3 is 4.74 Å². The molecule has 0 saturated carbocycles. The zero-order valence-corrected chi connectivity index (χ0v) is 8.06. The lowest BCUT2D eigenvalue weighted by atomic mass is 10.1. The van der Waals surface area contributed by atoms with Crippen LogP contribution in [-0.2, 0) is 14.8 Å². The first-order valence-electron chi connectivity index (χ1n) is 4.22. The molecule has 1 atom stereocenters. The van der Waals surface area contributed by atoms with Crippen molar-refractivity contribution in [2.45, 2.75) is 25.8 Å². The lowest BCUT2D eigenvalue weighted by Crippen LogP contribution is -2.41. The molecule has 1 rings (SSSR count). The Hall–Kier alpha value is -0.130. The number of nitrogens with one attached hydrogen (secondary N) is 1. The quantitative estimate of drug-likeness (QED) is 0.692. The molecule has 1 aliphatic rings. The van der Waals surface area contributed by atoms with Crippen LogP contribution >= 0.6 is 0 Å². The van der Waals surface area contributed by atoms with E-state index in [1.165, 1.54) is 0 Å². The molecule has 1 N–H and O–H groups in total. The zero-order valence-electron chi connectivity index (χ0n) is 7.25. The van der Waals surface area contributed by atoms with Gasteiger partial charge in [-0.2, -0.15) is 0 Å². The van der Waals surface area contributed by atoms with Gasteiger partial charge >= 0.3 is 0 Å². The van der Waals surface area contributed by atoms with Crippen LogP contribution in [0, 0.1) is 0 Å². The number of hydrogen-bond acceptors (Lipinski definition) is 3. The van der Waals surface area contributed by atoms with Crippen LogP contribution in [0.2, 0.25) is 0 Å². The Morgan fingerprint density at radius 2 is 2.33 bits per heavy atom. The number of hydrogen-bond donors (Lipinski definition) is 1. The summed E-state index contributed by atoms with van der Waals surface area (Å²) in [4.78, 5) is 0. The summed E-state index contributed by atoms with van der Waals surface area (Å²) < 4.78 is 29.9. The zero-order chi connectivity index (χ0) is 9.03. The summed E-state index contributed by atoms with van der Waals surface area (Å²) >= 11 is 0. The lowest BCUT2D eigenvalue weighted by Gasteiger charge is -2.22. The molecule has 0 radical (unpaired) electrons. The predicted molar refractivity (Wildman–Crippen MR) is 46.4 cm³/mol. The molecule has 0 aliphatic carbocycles. The van der Waals surface area contributed by atoms with Crippen LogP contribution < -0.4 is 4.72 Å².